The molecule has 224 valence electrons. The van der Waals surface area contributed by atoms with Crippen molar-refractivity contribution in [3.05, 3.63) is 65.7 Å². The number of ether oxygens (including phenoxy) is 1. The maximum absolute atomic E-state index is 14.1. The van der Waals surface area contributed by atoms with Crippen LogP contribution in [0.2, 0.25) is 0 Å². The molecule has 42 heavy (non-hydrogen) atoms. The molecule has 0 bridgehead atoms. The lowest BCUT2D eigenvalue weighted by Crippen LogP contribution is -2.40. The Hall–Kier alpha value is -3.61. The van der Waals surface area contributed by atoms with Crippen LogP contribution in [0.3, 0.4) is 0 Å². The predicted molar refractivity (Wildman–Crippen MR) is 158 cm³/mol. The molecule has 2 N–H and O–H groups in total. The summed E-state index contributed by atoms with van der Waals surface area (Å²) in [6.07, 6.45) is 4.21. The van der Waals surface area contributed by atoms with E-state index in [0.29, 0.717) is 47.7 Å². The van der Waals surface area contributed by atoms with E-state index < -0.39 is 21.8 Å². The molecule has 10 nitrogen and oxygen atoms in total. The lowest BCUT2D eigenvalue weighted by molar-refractivity contribution is 0.0373. The van der Waals surface area contributed by atoms with Crippen molar-refractivity contribution in [3.8, 4) is 11.3 Å². The van der Waals surface area contributed by atoms with Crippen molar-refractivity contribution in [1.82, 2.24) is 29.6 Å². The molecule has 0 atom stereocenters. The Morgan fingerprint density at radius 3 is 2.60 bits per heavy atom. The first-order valence-corrected chi connectivity index (χ1v) is 15.8. The average molecular weight is 597 g/mol. The maximum Gasteiger partial charge on any atom is 0.355 e. The van der Waals surface area contributed by atoms with Gasteiger partial charge in [-0.1, -0.05) is 24.3 Å². The normalized spacial score (nSPS) is 15.1. The molecule has 4 aromatic rings. The predicted octanol–water partition coefficient (Wildman–Crippen LogP) is 4.38. The van der Waals surface area contributed by atoms with Gasteiger partial charge in [0.1, 0.15) is 17.2 Å². The summed E-state index contributed by atoms with van der Waals surface area (Å²) < 4.78 is 49.3. The highest BCUT2D eigenvalue weighted by atomic mass is 32.2. The average Bonchev–Trinajstić information content (AvgIpc) is 3.57. The number of nitrogens with zero attached hydrogens (tertiary/aromatic N) is 4. The van der Waals surface area contributed by atoms with E-state index in [9.17, 15) is 17.6 Å². The van der Waals surface area contributed by atoms with Gasteiger partial charge in [0.15, 0.2) is 0 Å². The van der Waals surface area contributed by atoms with Crippen LogP contribution in [0.15, 0.2) is 53.6 Å². The van der Waals surface area contributed by atoms with Gasteiger partial charge in [-0.3, -0.25) is 4.68 Å². The molecule has 1 saturated heterocycles. The van der Waals surface area contributed by atoms with E-state index in [4.69, 9.17) is 4.74 Å². The Morgan fingerprint density at radius 1 is 1.17 bits per heavy atom. The Labute approximate surface area is 245 Å². The van der Waals surface area contributed by atoms with Crippen molar-refractivity contribution < 1.29 is 22.3 Å². The molecule has 0 saturated carbocycles. The third kappa shape index (κ3) is 6.88. The second-order valence-corrected chi connectivity index (χ2v) is 12.8. The van der Waals surface area contributed by atoms with Gasteiger partial charge in [-0.15, -0.1) is 5.10 Å². The summed E-state index contributed by atoms with van der Waals surface area (Å²) in [5.41, 5.74) is 2.87. The summed E-state index contributed by atoms with van der Waals surface area (Å²) in [5, 5.41) is 9.18. The molecule has 2 aromatic heterocycles. The number of esters is 1. The Morgan fingerprint density at radius 2 is 1.90 bits per heavy atom. The number of aryl methyl sites for hydroxylation is 1. The minimum Gasteiger partial charge on any atom is -0.458 e. The van der Waals surface area contributed by atoms with Crippen LogP contribution in [0, 0.1) is 11.7 Å². The number of nitrogens with one attached hydrogen (secondary N) is 2. The second-order valence-electron chi connectivity index (χ2n) is 11.0. The highest BCUT2D eigenvalue weighted by Crippen LogP contribution is 2.33. The van der Waals surface area contributed by atoms with Crippen molar-refractivity contribution in [1.29, 1.82) is 0 Å². The largest absolute Gasteiger partial charge is 0.458 e. The summed E-state index contributed by atoms with van der Waals surface area (Å²) in [4.78, 5) is 18.5. The molecular weight excluding hydrogens is 559 g/mol. The van der Waals surface area contributed by atoms with Crippen LogP contribution in [0.25, 0.3) is 22.2 Å². The number of sulfonamides is 1. The van der Waals surface area contributed by atoms with Crippen LogP contribution in [0.1, 0.15) is 49.7 Å². The fraction of sp³-hybridized carbons (Fsp3) is 0.433. The van der Waals surface area contributed by atoms with E-state index in [1.165, 1.54) is 12.1 Å². The number of rotatable bonds is 11. The molecule has 3 heterocycles. The quantitative estimate of drug-likeness (QED) is 0.246. The highest BCUT2D eigenvalue weighted by Gasteiger charge is 2.25. The van der Waals surface area contributed by atoms with Gasteiger partial charge >= 0.3 is 5.97 Å². The summed E-state index contributed by atoms with van der Waals surface area (Å²) >= 11 is 0. The van der Waals surface area contributed by atoms with Crippen LogP contribution in [0.5, 0.6) is 0 Å². The van der Waals surface area contributed by atoms with Crippen molar-refractivity contribution in [2.75, 3.05) is 26.2 Å². The molecule has 1 fully saturated rings. The maximum atomic E-state index is 14.1. The zero-order valence-electron chi connectivity index (χ0n) is 24.1. The minimum absolute atomic E-state index is 0.221. The van der Waals surface area contributed by atoms with Crippen molar-refractivity contribution in [2.24, 2.45) is 5.92 Å². The Bertz CT molecular complexity index is 1640. The zero-order valence-corrected chi connectivity index (χ0v) is 25.0. The first kappa shape index (κ1) is 29.9. The van der Waals surface area contributed by atoms with Crippen molar-refractivity contribution in [2.45, 2.75) is 57.6 Å². The number of benzene rings is 2. The summed E-state index contributed by atoms with van der Waals surface area (Å²) in [6.45, 7) is 8.92. The Kier molecular flexibility index (Phi) is 9.05. The first-order chi connectivity index (χ1) is 20.1. The van der Waals surface area contributed by atoms with E-state index in [-0.39, 0.29) is 16.7 Å². The third-order valence-electron chi connectivity index (χ3n) is 7.62. The highest BCUT2D eigenvalue weighted by molar-refractivity contribution is 7.89. The Balaban J connectivity index is 1.17. The van der Waals surface area contributed by atoms with E-state index in [1.807, 2.05) is 19.1 Å². The number of piperidine rings is 1. The number of carbonyl (C=O) groups excluding carboxylic acids is 1. The van der Waals surface area contributed by atoms with Crippen LogP contribution >= 0.6 is 0 Å². The number of hydrogen-bond acceptors (Lipinski definition) is 7. The number of aromatic nitrogens is 4. The molecule has 0 aliphatic carbocycles. The molecule has 12 heteroatoms. The van der Waals surface area contributed by atoms with E-state index in [2.05, 4.69) is 24.9 Å². The zero-order chi connectivity index (χ0) is 29.9. The first-order valence-electron chi connectivity index (χ1n) is 14.4. The number of likely N-dealkylation sites (tertiary alicyclic amines) is 1. The fourth-order valence-electron chi connectivity index (χ4n) is 5.34. The molecule has 0 unspecified atom stereocenters. The number of hydrogen-bond donors (Lipinski definition) is 2. The van der Waals surface area contributed by atoms with Gasteiger partial charge in [-0.25, -0.2) is 22.3 Å². The lowest BCUT2D eigenvalue weighted by atomic mass is 9.97. The number of H-pyrrole nitrogens is 1. The smallest absolute Gasteiger partial charge is 0.355 e. The van der Waals surface area contributed by atoms with Gasteiger partial charge in [0.2, 0.25) is 10.0 Å². The molecule has 0 radical (unpaired) electrons. The third-order valence-corrected chi connectivity index (χ3v) is 9.09. The lowest BCUT2D eigenvalue weighted by Gasteiger charge is -2.31. The van der Waals surface area contributed by atoms with E-state index in [1.54, 1.807) is 42.9 Å². The number of carbonyl (C=O) groups is 1. The van der Waals surface area contributed by atoms with Gasteiger partial charge < -0.3 is 14.6 Å². The molecule has 1 aliphatic heterocycles. The fourth-order valence-corrected chi connectivity index (χ4v) is 6.36. The van der Waals surface area contributed by atoms with Gasteiger partial charge in [0.25, 0.3) is 0 Å². The molecular formula is C30H37FN6O4S. The van der Waals surface area contributed by atoms with E-state index >= 15 is 0 Å². The van der Waals surface area contributed by atoms with Gasteiger partial charge in [-0.05, 0) is 88.0 Å². The van der Waals surface area contributed by atoms with Gasteiger partial charge in [0.05, 0.1) is 17.2 Å². The van der Waals surface area contributed by atoms with Gasteiger partial charge in [-0.2, -0.15) is 0 Å². The van der Waals surface area contributed by atoms with Crippen molar-refractivity contribution in [3.63, 3.8) is 0 Å². The molecule has 1 aliphatic rings. The number of aromatic amines is 1. The summed E-state index contributed by atoms with van der Waals surface area (Å²) in [5.74, 6) is -0.574. The second kappa shape index (κ2) is 12.7. The van der Waals surface area contributed by atoms with Crippen LogP contribution in [-0.4, -0.2) is 71.5 Å². The van der Waals surface area contributed by atoms with Crippen LogP contribution < -0.4 is 4.72 Å². The molecule has 0 amide bonds. The number of halogens is 1. The van der Waals surface area contributed by atoms with Crippen LogP contribution in [0.4, 0.5) is 4.39 Å². The standard InChI is InChI=1S/C30H37FN6O4S/c1-4-21-5-8-24(9-6-21)42(39,40)32-13-16-36-14-11-22(12-15-36)18-37-19-27(34-35-37)28-25-17-23(31)7-10-26(25)33-29(28)30(38)41-20(2)3/h5-10,17,19-20,22,32-33H,4,11-16,18H2,1-3H3. The molecule has 2 aromatic carbocycles. The topological polar surface area (TPSA) is 122 Å². The van der Waals surface area contributed by atoms with Crippen LogP contribution in [-0.2, 0) is 27.7 Å². The minimum atomic E-state index is -3.53. The number of fused-ring (bicyclic) bond motifs is 1. The molecule has 5 rings (SSSR count). The summed E-state index contributed by atoms with van der Waals surface area (Å²) in [6, 6.07) is 11.3. The van der Waals surface area contributed by atoms with E-state index in [0.717, 1.165) is 37.9 Å². The SMILES string of the molecule is CCc1ccc(S(=O)(=O)NCCN2CCC(Cn3cc(-c4c(C(=O)OC(C)C)[nH]c5ccc(F)cc45)nn3)CC2)cc1. The van der Waals surface area contributed by atoms with Crippen molar-refractivity contribution >= 4 is 26.9 Å². The monoisotopic (exact) mass is 596 g/mol. The van der Waals surface area contributed by atoms with Gasteiger partial charge in [0, 0.05) is 36.1 Å². The summed E-state index contributed by atoms with van der Waals surface area (Å²) in [7, 11) is -3.53. The molecule has 0 spiro atoms.